The molecule has 0 spiro atoms. The van der Waals surface area contributed by atoms with E-state index in [1.165, 1.54) is 6.92 Å². The minimum Gasteiger partial charge on any atom is -0.394 e. The van der Waals surface area contributed by atoms with Crippen molar-refractivity contribution in [3.8, 4) is 0 Å². The van der Waals surface area contributed by atoms with Crippen LogP contribution in [0.3, 0.4) is 0 Å². The fraction of sp³-hybridized carbons (Fsp3) is 0.944. The summed E-state index contributed by atoms with van der Waals surface area (Å²) < 4.78 is 86.9. The summed E-state index contributed by atoms with van der Waals surface area (Å²) in [7, 11) is 0. The number of carbonyl (C=O) groups excluding carboxylic acids is 3. The zero-order chi connectivity index (χ0) is 71.5. The number of aliphatic hydroxyl groups is 22. The Morgan fingerprint density at radius 1 is 0.289 bits per heavy atom. The summed E-state index contributed by atoms with van der Waals surface area (Å²) in [4.78, 5) is 37.8. The van der Waals surface area contributed by atoms with Crippen LogP contribution in [0, 0.1) is 0 Å². The predicted molar refractivity (Wildman–Crippen MR) is 298 cm³/mol. The van der Waals surface area contributed by atoms with Crippen LogP contribution in [-0.2, 0) is 85.4 Å². The zero-order valence-corrected chi connectivity index (χ0v) is 52.2. The first-order valence-corrected chi connectivity index (χ1v) is 31.0. The van der Waals surface area contributed by atoms with Gasteiger partial charge in [0.05, 0.1) is 52.4 Å². The van der Waals surface area contributed by atoms with E-state index >= 15 is 0 Å². The maximum absolute atomic E-state index is 12.8. The highest BCUT2D eigenvalue weighted by molar-refractivity contribution is 5.74. The van der Waals surface area contributed by atoms with E-state index in [9.17, 15) is 127 Å². The number of hydrogen-bond acceptors (Lipinski definition) is 40. The smallest absolute Gasteiger partial charge is 0.217 e. The highest BCUT2D eigenvalue weighted by Gasteiger charge is 2.59. The van der Waals surface area contributed by atoms with Gasteiger partial charge < -0.3 is 199 Å². The summed E-state index contributed by atoms with van der Waals surface area (Å²) >= 11 is 0. The number of carbonyl (C=O) groups is 3. The molecule has 43 nitrogen and oxygen atoms in total. The van der Waals surface area contributed by atoms with Gasteiger partial charge in [0.2, 0.25) is 17.7 Å². The van der Waals surface area contributed by atoms with Gasteiger partial charge >= 0.3 is 0 Å². The molecule has 97 heavy (non-hydrogen) atoms. The van der Waals surface area contributed by atoms with Crippen molar-refractivity contribution in [2.75, 3.05) is 46.2 Å². The SMILES string of the molecule is CC(=O)N[C@@H]1[C@@H](O)[C@H](O[C@@H]2O[C@H](CO)[C@@H](O[C@@H]3O[C@H](CO[C@H]4O[C@H](CO)[C@@H](O)[C@H](O)[C@@H]4O[C@@H]4O[C@H](CO)[C@@H](O[C@@H]5O[C@H](CO)[C@H](O)[C@H](O[C@H]6O[C@H](CO)[C@H](O)[C@H](O)[C@H]6O)[C@H]5O)[C@H](O)[C@H]4NC(C)=O)[C@@H](O)[C@H](O)[C@@H]3O)[C@H](O)[C@H]2NC(C)=O)[C@@H](CO[C@@H]2O[C@@H](C)[C@@H](O)[C@@H](O)[C@@H]2O)O[C@H]1O. The van der Waals surface area contributed by atoms with Gasteiger partial charge in [-0.3, -0.25) is 14.4 Å². The Morgan fingerprint density at radius 3 is 1.10 bits per heavy atom. The molecule has 8 aliphatic rings. The van der Waals surface area contributed by atoms with Crippen LogP contribution in [0.5, 0.6) is 0 Å². The topological polar surface area (TPSA) is 671 Å². The van der Waals surface area contributed by atoms with Gasteiger partial charge in [-0.15, -0.1) is 0 Å². The lowest BCUT2D eigenvalue weighted by molar-refractivity contribution is -0.386. The van der Waals surface area contributed by atoms with Crippen LogP contribution in [0.25, 0.3) is 0 Å². The first-order valence-electron chi connectivity index (χ1n) is 31.0. The minimum atomic E-state index is -2.25. The molecule has 40 atom stereocenters. The largest absolute Gasteiger partial charge is 0.394 e. The maximum atomic E-state index is 12.8. The number of aliphatic hydroxyl groups excluding tert-OH is 22. The van der Waals surface area contributed by atoms with E-state index < -0.39 is 309 Å². The molecule has 0 bridgehead atoms. The predicted octanol–water partition coefficient (Wildman–Crippen LogP) is -17.0. The van der Waals surface area contributed by atoms with Crippen molar-refractivity contribution in [3.05, 3.63) is 0 Å². The van der Waals surface area contributed by atoms with Gasteiger partial charge in [-0.05, 0) is 6.92 Å². The Hall–Kier alpha value is -3.07. The van der Waals surface area contributed by atoms with Crippen LogP contribution in [0.2, 0.25) is 0 Å². The molecule has 0 aromatic rings. The van der Waals surface area contributed by atoms with Crippen molar-refractivity contribution in [3.63, 3.8) is 0 Å². The van der Waals surface area contributed by atoms with Crippen LogP contribution >= 0.6 is 0 Å². The summed E-state index contributed by atoms with van der Waals surface area (Å²) in [5, 5.41) is 247. The van der Waals surface area contributed by atoms with E-state index in [4.69, 9.17) is 71.1 Å². The van der Waals surface area contributed by atoms with Crippen molar-refractivity contribution in [2.45, 2.75) is 273 Å². The molecule has 0 radical (unpaired) electrons. The van der Waals surface area contributed by atoms with Crippen LogP contribution in [0.15, 0.2) is 0 Å². The first-order chi connectivity index (χ1) is 45.8. The fourth-order valence-corrected chi connectivity index (χ4v) is 12.4. The van der Waals surface area contributed by atoms with E-state index in [1.54, 1.807) is 0 Å². The van der Waals surface area contributed by atoms with E-state index in [-0.39, 0.29) is 0 Å². The van der Waals surface area contributed by atoms with Crippen molar-refractivity contribution < 1.29 is 198 Å². The number of amides is 3. The fourth-order valence-electron chi connectivity index (χ4n) is 12.4. The molecule has 0 unspecified atom stereocenters. The molecule has 0 aliphatic carbocycles. The lowest BCUT2D eigenvalue weighted by atomic mass is 9.94. The van der Waals surface area contributed by atoms with Gasteiger partial charge in [-0.25, -0.2) is 0 Å². The van der Waals surface area contributed by atoms with Crippen LogP contribution in [-0.4, -0.2) is 422 Å². The molecule has 562 valence electrons. The molecule has 0 aromatic carbocycles. The molecule has 43 heteroatoms. The van der Waals surface area contributed by atoms with Gasteiger partial charge in [0.1, 0.15) is 189 Å². The Kier molecular flexibility index (Phi) is 28.3. The van der Waals surface area contributed by atoms with E-state index in [0.29, 0.717) is 0 Å². The Morgan fingerprint density at radius 2 is 0.619 bits per heavy atom. The van der Waals surface area contributed by atoms with Crippen molar-refractivity contribution >= 4 is 17.7 Å². The van der Waals surface area contributed by atoms with Gasteiger partial charge in [0, 0.05) is 20.8 Å². The third-order valence-electron chi connectivity index (χ3n) is 17.8. The van der Waals surface area contributed by atoms with Crippen molar-refractivity contribution in [2.24, 2.45) is 0 Å². The molecule has 3 amide bonds. The molecule has 25 N–H and O–H groups in total. The van der Waals surface area contributed by atoms with Crippen molar-refractivity contribution in [1.29, 1.82) is 0 Å². The third-order valence-corrected chi connectivity index (χ3v) is 17.8. The summed E-state index contributed by atoms with van der Waals surface area (Å²) in [5.74, 6) is -2.55. The van der Waals surface area contributed by atoms with Gasteiger partial charge in [0.25, 0.3) is 0 Å². The molecule has 0 saturated carbocycles. The molecular formula is C54H91N3O40. The zero-order valence-electron chi connectivity index (χ0n) is 52.2. The maximum Gasteiger partial charge on any atom is 0.217 e. The molecule has 0 aromatic heterocycles. The second-order valence-corrected chi connectivity index (χ2v) is 24.6. The molecule has 8 fully saturated rings. The number of ether oxygens (including phenoxy) is 15. The van der Waals surface area contributed by atoms with Crippen LogP contribution < -0.4 is 16.0 Å². The summed E-state index contributed by atoms with van der Waals surface area (Å²) in [6.07, 6.45) is -71.0. The second-order valence-electron chi connectivity index (χ2n) is 24.6. The summed E-state index contributed by atoms with van der Waals surface area (Å²) in [6.45, 7) is -2.54. The van der Waals surface area contributed by atoms with Gasteiger partial charge in [-0.1, -0.05) is 0 Å². The molecule has 8 saturated heterocycles. The molecule has 8 aliphatic heterocycles. The average molecular weight is 1420 g/mol. The molecule has 8 heterocycles. The highest BCUT2D eigenvalue weighted by Crippen LogP contribution is 2.38. The Labute approximate surface area is 549 Å². The van der Waals surface area contributed by atoms with E-state index in [0.717, 1.165) is 20.8 Å². The summed E-state index contributed by atoms with van der Waals surface area (Å²) in [6, 6.07) is -5.33. The monoisotopic (exact) mass is 1420 g/mol. The number of rotatable bonds is 24. The first kappa shape index (κ1) is 79.6. The van der Waals surface area contributed by atoms with Crippen LogP contribution in [0.4, 0.5) is 0 Å². The molecule has 8 rings (SSSR count). The van der Waals surface area contributed by atoms with E-state index in [1.807, 2.05) is 0 Å². The quantitative estimate of drug-likeness (QED) is 0.0427. The standard InChI is InChI=1S/C54H91N3O40/c1-12-26(66)34(74)38(78)50(85-12)83-11-22-44(31(71)23(47(82)86-22)55-13(2)63)93-48-24(56-14(3)64)32(72)42(19(8-61)90-48)94-52-40(80)36(76)29(69)21(92-52)10-84-54-46(37(77)28(68)17(6-59)89-54)97-49-25(57-15(4)65)33(73)43(20(9-62)91-49)95-53-41(81)45(30(70)18(7-60)88-53)96-51-39(79)35(75)27(67)16(5-58)87-51/h12,16-54,58-62,66-82H,5-11H2,1-4H3,(H,55,63)(H,56,64)(H,57,65)/t12-,16+,17+,18+,19+,20+,21+,22+,23+,24+,25+,26+,27-,28+,29+,30-,31+,32+,33+,34+,35-,36-,37-,38-,39+,40-,41+,42+,43+,44+,45-,46-,47+,48-,49-,50+,51+,52-,53-,54-/m0/s1. The lowest BCUT2D eigenvalue weighted by Crippen LogP contribution is -2.70. The minimum absolute atomic E-state index is 0.756. The lowest BCUT2D eigenvalue weighted by Gasteiger charge is -2.50. The van der Waals surface area contributed by atoms with Crippen molar-refractivity contribution in [1.82, 2.24) is 16.0 Å². The van der Waals surface area contributed by atoms with Gasteiger partial charge in [-0.2, -0.15) is 0 Å². The third kappa shape index (κ3) is 17.6. The van der Waals surface area contributed by atoms with E-state index in [2.05, 4.69) is 16.0 Å². The Bertz CT molecular complexity index is 2490. The van der Waals surface area contributed by atoms with Gasteiger partial charge in [0.15, 0.2) is 50.3 Å². The second kappa shape index (κ2) is 34.5. The highest BCUT2D eigenvalue weighted by atomic mass is 16.8. The normalized spacial score (nSPS) is 49.9. The van der Waals surface area contributed by atoms with Crippen LogP contribution in [0.1, 0.15) is 27.7 Å². The molecular weight excluding hydrogens is 1330 g/mol. The average Bonchev–Trinajstić information content (AvgIpc) is 0.780. The number of hydrogen-bond donors (Lipinski definition) is 25. The number of nitrogens with one attached hydrogen (secondary N) is 3. The Balaban J connectivity index is 0.973. The summed E-state index contributed by atoms with van der Waals surface area (Å²) in [5.41, 5.74) is 0.